The van der Waals surface area contributed by atoms with Crippen LogP contribution in [0.25, 0.3) is 11.0 Å². The van der Waals surface area contributed by atoms with Gasteiger partial charge in [0.05, 0.1) is 17.0 Å². The molecule has 1 aliphatic heterocycles. The fourth-order valence-corrected chi connectivity index (χ4v) is 3.96. The Bertz CT molecular complexity index is 1330. The number of fused-ring (bicyclic) bond motifs is 2. The number of rotatable bonds is 2. The number of pyridine rings is 1. The minimum Gasteiger partial charge on any atom is -0.450 e. The summed E-state index contributed by atoms with van der Waals surface area (Å²) in [5.74, 6) is 0.125. The van der Waals surface area contributed by atoms with Crippen LogP contribution in [-0.4, -0.2) is 10.9 Å². The van der Waals surface area contributed by atoms with E-state index in [0.29, 0.717) is 27.4 Å². The summed E-state index contributed by atoms with van der Waals surface area (Å²) in [6.45, 7) is 1.93. The molecule has 4 aromatic rings. The van der Waals surface area contributed by atoms with Crippen molar-refractivity contribution in [3.8, 4) is 0 Å². The highest BCUT2D eigenvalue weighted by Crippen LogP contribution is 2.40. The Morgan fingerprint density at radius 3 is 2.59 bits per heavy atom. The quantitative estimate of drug-likeness (QED) is 0.478. The van der Waals surface area contributed by atoms with Gasteiger partial charge in [0.2, 0.25) is 5.76 Å². The molecule has 0 N–H and O–H groups in total. The largest absolute Gasteiger partial charge is 0.450 e. The molecule has 5 nitrogen and oxygen atoms in total. The smallest absolute Gasteiger partial charge is 0.296 e. The van der Waals surface area contributed by atoms with Gasteiger partial charge in [0.25, 0.3) is 5.91 Å². The number of aryl methyl sites for hydroxylation is 1. The second-order valence-corrected chi connectivity index (χ2v) is 7.43. The summed E-state index contributed by atoms with van der Waals surface area (Å²) in [5.41, 5.74) is 2.14. The first-order valence-corrected chi connectivity index (χ1v) is 9.50. The molecule has 0 saturated heterocycles. The normalized spacial score (nSPS) is 15.7. The molecule has 2 aromatic heterocycles. The lowest BCUT2D eigenvalue weighted by Gasteiger charge is -2.24. The first-order chi connectivity index (χ1) is 14.0. The van der Waals surface area contributed by atoms with E-state index in [1.807, 2.05) is 49.4 Å². The average Bonchev–Trinajstić information content (AvgIpc) is 3.02. The number of hydrogen-bond acceptors (Lipinski definition) is 4. The van der Waals surface area contributed by atoms with Gasteiger partial charge in [0, 0.05) is 11.2 Å². The lowest BCUT2D eigenvalue weighted by molar-refractivity contribution is 0.0970. The molecule has 1 aliphatic rings. The van der Waals surface area contributed by atoms with Gasteiger partial charge in [-0.3, -0.25) is 14.5 Å². The van der Waals surface area contributed by atoms with Gasteiger partial charge in [-0.05, 0) is 48.4 Å². The van der Waals surface area contributed by atoms with Crippen LogP contribution in [0.15, 0.2) is 76.1 Å². The summed E-state index contributed by atoms with van der Waals surface area (Å²) in [5, 5.41) is 0.784. The van der Waals surface area contributed by atoms with Crippen LogP contribution in [0, 0.1) is 6.92 Å². The number of benzene rings is 2. The van der Waals surface area contributed by atoms with Crippen LogP contribution in [0.1, 0.15) is 33.3 Å². The molecular weight excluding hydrogens is 388 g/mol. The Kier molecular flexibility index (Phi) is 4.00. The standard InChI is InChI=1S/C23H15ClN2O3/c1-13-9-10-25-18(11-13)26-20(14-5-3-2-4-6-14)19-21(27)16-12-15(24)7-8-17(16)29-22(19)23(26)28/h2-12,20H,1H3. The van der Waals surface area contributed by atoms with E-state index in [1.165, 1.54) is 4.90 Å². The molecule has 0 saturated carbocycles. The number of halogens is 1. The lowest BCUT2D eigenvalue weighted by atomic mass is 9.98. The summed E-state index contributed by atoms with van der Waals surface area (Å²) in [6, 6.07) is 17.3. The minimum atomic E-state index is -0.632. The topological polar surface area (TPSA) is 63.4 Å². The van der Waals surface area contributed by atoms with E-state index in [1.54, 1.807) is 24.4 Å². The minimum absolute atomic E-state index is 0.0435. The molecule has 2 aromatic carbocycles. The van der Waals surface area contributed by atoms with Gasteiger partial charge in [-0.15, -0.1) is 0 Å². The van der Waals surface area contributed by atoms with E-state index >= 15 is 0 Å². The zero-order valence-electron chi connectivity index (χ0n) is 15.4. The summed E-state index contributed by atoms with van der Waals surface area (Å²) in [7, 11) is 0. The van der Waals surface area contributed by atoms with E-state index in [4.69, 9.17) is 16.0 Å². The van der Waals surface area contributed by atoms with E-state index in [0.717, 1.165) is 11.1 Å². The predicted molar refractivity (Wildman–Crippen MR) is 112 cm³/mol. The molecule has 0 aliphatic carbocycles. The van der Waals surface area contributed by atoms with Crippen LogP contribution in [0.3, 0.4) is 0 Å². The van der Waals surface area contributed by atoms with Crippen molar-refractivity contribution < 1.29 is 9.21 Å². The highest BCUT2D eigenvalue weighted by molar-refractivity contribution is 6.31. The molecule has 5 rings (SSSR count). The summed E-state index contributed by atoms with van der Waals surface area (Å²) < 4.78 is 5.91. The Labute approximate surface area is 171 Å². The second-order valence-electron chi connectivity index (χ2n) is 6.99. The molecule has 142 valence electrons. The molecule has 3 heterocycles. The highest BCUT2D eigenvalue weighted by Gasteiger charge is 2.44. The first kappa shape index (κ1) is 17.6. The SMILES string of the molecule is Cc1ccnc(N2C(=O)c3oc4ccc(Cl)cc4c(=O)c3C2c2ccccc2)c1. The average molecular weight is 403 g/mol. The van der Waals surface area contributed by atoms with Crippen molar-refractivity contribution in [2.24, 2.45) is 0 Å². The highest BCUT2D eigenvalue weighted by atomic mass is 35.5. The third-order valence-corrected chi connectivity index (χ3v) is 5.33. The fourth-order valence-electron chi connectivity index (χ4n) is 3.78. The molecule has 1 amide bonds. The maximum Gasteiger partial charge on any atom is 0.296 e. The zero-order valence-corrected chi connectivity index (χ0v) is 16.2. The van der Waals surface area contributed by atoms with Crippen LogP contribution in [0.5, 0.6) is 0 Å². The van der Waals surface area contributed by atoms with Gasteiger partial charge in [0.15, 0.2) is 5.43 Å². The molecular formula is C23H15ClN2O3. The third-order valence-electron chi connectivity index (χ3n) is 5.10. The third kappa shape index (κ3) is 2.74. The molecule has 0 fully saturated rings. The summed E-state index contributed by atoms with van der Waals surface area (Å²) in [4.78, 5) is 32.7. The van der Waals surface area contributed by atoms with Gasteiger partial charge >= 0.3 is 0 Å². The molecule has 29 heavy (non-hydrogen) atoms. The van der Waals surface area contributed by atoms with Gasteiger partial charge in [0.1, 0.15) is 11.4 Å². The van der Waals surface area contributed by atoms with Crippen molar-refractivity contribution in [2.45, 2.75) is 13.0 Å². The Morgan fingerprint density at radius 2 is 1.83 bits per heavy atom. The molecule has 1 atom stereocenters. The van der Waals surface area contributed by atoms with Crippen molar-refractivity contribution in [1.82, 2.24) is 4.98 Å². The number of aromatic nitrogens is 1. The van der Waals surface area contributed by atoms with Gasteiger partial charge in [-0.1, -0.05) is 41.9 Å². The number of carbonyl (C=O) groups is 1. The van der Waals surface area contributed by atoms with Crippen LogP contribution in [0.2, 0.25) is 5.02 Å². The number of anilines is 1. The van der Waals surface area contributed by atoms with Gasteiger partial charge in [-0.2, -0.15) is 0 Å². The second kappa shape index (κ2) is 6.57. The monoisotopic (exact) mass is 402 g/mol. The molecule has 1 unspecified atom stereocenters. The first-order valence-electron chi connectivity index (χ1n) is 9.12. The van der Waals surface area contributed by atoms with Crippen LogP contribution in [0.4, 0.5) is 5.82 Å². The maximum atomic E-state index is 13.4. The number of hydrogen-bond donors (Lipinski definition) is 0. The predicted octanol–water partition coefficient (Wildman–Crippen LogP) is 4.90. The van der Waals surface area contributed by atoms with Crippen LogP contribution >= 0.6 is 11.6 Å². The van der Waals surface area contributed by atoms with Crippen molar-refractivity contribution in [3.63, 3.8) is 0 Å². The van der Waals surface area contributed by atoms with Crippen molar-refractivity contribution in [1.29, 1.82) is 0 Å². The summed E-state index contributed by atoms with van der Waals surface area (Å²) >= 11 is 6.10. The van der Waals surface area contributed by atoms with Crippen molar-refractivity contribution >= 4 is 34.3 Å². The molecule has 0 radical (unpaired) electrons. The Hall–Kier alpha value is -3.44. The number of carbonyl (C=O) groups excluding carboxylic acids is 1. The van der Waals surface area contributed by atoms with Crippen LogP contribution < -0.4 is 10.3 Å². The number of nitrogens with zero attached hydrogens (tertiary/aromatic N) is 2. The Balaban J connectivity index is 1.84. The van der Waals surface area contributed by atoms with E-state index in [9.17, 15) is 9.59 Å². The maximum absolute atomic E-state index is 13.4. The van der Waals surface area contributed by atoms with Crippen molar-refractivity contribution in [3.05, 3.63) is 105 Å². The van der Waals surface area contributed by atoms with Crippen molar-refractivity contribution in [2.75, 3.05) is 4.90 Å². The zero-order chi connectivity index (χ0) is 20.1. The summed E-state index contributed by atoms with van der Waals surface area (Å²) in [6.07, 6.45) is 1.65. The van der Waals surface area contributed by atoms with Gasteiger partial charge in [-0.25, -0.2) is 4.98 Å². The van der Waals surface area contributed by atoms with Gasteiger partial charge < -0.3 is 4.42 Å². The fraction of sp³-hybridized carbons (Fsp3) is 0.0870. The Morgan fingerprint density at radius 1 is 1.03 bits per heavy atom. The molecule has 0 bridgehead atoms. The van der Waals surface area contributed by atoms with E-state index in [2.05, 4.69) is 4.98 Å². The van der Waals surface area contributed by atoms with Crippen LogP contribution in [-0.2, 0) is 0 Å². The van der Waals surface area contributed by atoms with E-state index < -0.39 is 6.04 Å². The number of amides is 1. The molecule has 6 heteroatoms. The lowest BCUT2D eigenvalue weighted by Crippen LogP contribution is -2.30. The molecule has 0 spiro atoms. The van der Waals surface area contributed by atoms with E-state index in [-0.39, 0.29) is 17.1 Å².